The Balaban J connectivity index is 0.00000139. The Morgan fingerprint density at radius 3 is 1.26 bits per heavy atom. The fourth-order valence-corrected chi connectivity index (χ4v) is 7.00. The summed E-state index contributed by atoms with van der Waals surface area (Å²) in [5.41, 5.74) is 6.86. The Kier molecular flexibility index (Phi) is 13.9. The first-order valence-electron chi connectivity index (χ1n) is 17.5. The van der Waals surface area contributed by atoms with E-state index >= 15 is 0 Å². The number of fused-ring (bicyclic) bond motifs is 2. The predicted octanol–water partition coefficient (Wildman–Crippen LogP) is 9.01. The minimum Gasteiger partial charge on any atom is -0.368 e. The summed E-state index contributed by atoms with van der Waals surface area (Å²) in [6, 6.07) is 15.7. The SMILES string of the molecule is CC.CC.Cc1nc2cc(N3CCN(c4ccc5c(c4)nc(C)n5COCC[Si](C)(C)C)CC3)ccc2n1COCC[Si](C)(C)C. The highest BCUT2D eigenvalue weighted by atomic mass is 28.3. The van der Waals surface area contributed by atoms with Gasteiger partial charge in [0.2, 0.25) is 0 Å². The van der Waals surface area contributed by atoms with Gasteiger partial charge in [0.1, 0.15) is 25.1 Å². The lowest BCUT2D eigenvalue weighted by atomic mass is 10.2. The third kappa shape index (κ3) is 10.2. The molecule has 2 aromatic carbocycles. The second kappa shape index (κ2) is 16.9. The highest BCUT2D eigenvalue weighted by molar-refractivity contribution is 6.76. The van der Waals surface area contributed by atoms with Gasteiger partial charge in [0.15, 0.2) is 0 Å². The van der Waals surface area contributed by atoms with Crippen LogP contribution in [0.1, 0.15) is 39.3 Å². The summed E-state index contributed by atoms with van der Waals surface area (Å²) in [4.78, 5) is 14.7. The van der Waals surface area contributed by atoms with Crippen molar-refractivity contribution in [3.8, 4) is 0 Å². The smallest absolute Gasteiger partial charge is 0.124 e. The van der Waals surface area contributed by atoms with Crippen molar-refractivity contribution in [3.63, 3.8) is 0 Å². The molecule has 0 unspecified atom stereocenters. The minimum atomic E-state index is -1.09. The van der Waals surface area contributed by atoms with Crippen LogP contribution in [0.2, 0.25) is 51.4 Å². The number of ether oxygens (including phenoxy) is 2. The maximum absolute atomic E-state index is 6.04. The molecular weight excluding hydrogens is 605 g/mol. The van der Waals surface area contributed by atoms with Gasteiger partial charge in [-0.25, -0.2) is 9.97 Å². The normalized spacial score (nSPS) is 13.9. The minimum absolute atomic E-state index is 0.568. The molecule has 0 atom stereocenters. The molecular formula is C36H62N6O2Si2. The Hall–Kier alpha value is -2.67. The van der Waals surface area contributed by atoms with Crippen LogP contribution in [0.5, 0.6) is 0 Å². The first kappa shape index (κ1) is 37.8. The molecule has 1 aliphatic rings. The van der Waals surface area contributed by atoms with Crippen LogP contribution in [-0.2, 0) is 22.9 Å². The molecule has 1 saturated heterocycles. The van der Waals surface area contributed by atoms with E-state index in [9.17, 15) is 0 Å². The zero-order chi connectivity index (χ0) is 34.1. The van der Waals surface area contributed by atoms with E-state index < -0.39 is 16.1 Å². The summed E-state index contributed by atoms with van der Waals surface area (Å²) >= 11 is 0. The molecule has 1 fully saturated rings. The number of hydrogen-bond donors (Lipinski definition) is 0. The van der Waals surface area contributed by atoms with Gasteiger partial charge < -0.3 is 28.4 Å². The molecule has 0 aliphatic carbocycles. The molecule has 2 aromatic heterocycles. The molecule has 10 heteroatoms. The Labute approximate surface area is 281 Å². The van der Waals surface area contributed by atoms with Crippen LogP contribution >= 0.6 is 0 Å². The number of rotatable bonds is 12. The molecule has 8 nitrogen and oxygen atoms in total. The average Bonchev–Trinajstić information content (AvgIpc) is 3.51. The number of nitrogens with zero attached hydrogens (tertiary/aromatic N) is 6. The third-order valence-corrected chi connectivity index (χ3v) is 11.7. The predicted molar refractivity (Wildman–Crippen MR) is 204 cm³/mol. The molecule has 0 spiro atoms. The molecule has 3 heterocycles. The van der Waals surface area contributed by atoms with E-state index in [-0.39, 0.29) is 0 Å². The number of piperazine rings is 1. The number of hydrogen-bond acceptors (Lipinski definition) is 6. The molecule has 0 radical (unpaired) electrons. The van der Waals surface area contributed by atoms with Crippen LogP contribution < -0.4 is 9.80 Å². The summed E-state index contributed by atoms with van der Waals surface area (Å²) in [6.07, 6.45) is 0. The lowest BCUT2D eigenvalue weighted by molar-refractivity contribution is 0.0884. The summed E-state index contributed by atoms with van der Waals surface area (Å²) in [6.45, 7) is 33.1. The van der Waals surface area contributed by atoms with Crippen molar-refractivity contribution in [2.45, 2.75) is 106 Å². The summed E-state index contributed by atoms with van der Waals surface area (Å²) in [5, 5.41) is 0. The van der Waals surface area contributed by atoms with E-state index in [0.29, 0.717) is 13.5 Å². The number of anilines is 2. The van der Waals surface area contributed by atoms with Crippen LogP contribution in [-0.4, -0.2) is 74.6 Å². The zero-order valence-electron chi connectivity index (χ0n) is 31.0. The van der Waals surface area contributed by atoms with Gasteiger partial charge in [0.05, 0.1) is 22.1 Å². The number of aromatic nitrogens is 4. The van der Waals surface area contributed by atoms with E-state index in [1.54, 1.807) is 0 Å². The number of aryl methyl sites for hydroxylation is 2. The van der Waals surface area contributed by atoms with Crippen molar-refractivity contribution in [2.75, 3.05) is 49.2 Å². The standard InChI is InChI=1S/C32H50N6O2Si2.2C2H6/c1-25-33-29-21-27(9-11-31(29)37(25)23-39-17-19-41(3,4)5)35-13-15-36(16-14-35)28-10-12-32-30(22-28)34-26(2)38(32)24-40-18-20-42(6,7)8;2*1-2/h9-12,21-22H,13-20,23-24H2,1-8H3;2*1-2H3. The van der Waals surface area contributed by atoms with Crippen molar-refractivity contribution in [1.82, 2.24) is 19.1 Å². The van der Waals surface area contributed by atoms with Gasteiger partial charge in [0, 0.05) is 66.9 Å². The zero-order valence-corrected chi connectivity index (χ0v) is 33.0. The van der Waals surface area contributed by atoms with E-state index in [0.717, 1.165) is 73.1 Å². The van der Waals surface area contributed by atoms with Crippen molar-refractivity contribution in [1.29, 1.82) is 0 Å². The van der Waals surface area contributed by atoms with Crippen LogP contribution in [0.3, 0.4) is 0 Å². The van der Waals surface area contributed by atoms with Gasteiger partial charge >= 0.3 is 0 Å². The monoisotopic (exact) mass is 666 g/mol. The first-order chi connectivity index (χ1) is 21.9. The summed E-state index contributed by atoms with van der Waals surface area (Å²) in [7, 11) is -2.18. The van der Waals surface area contributed by atoms with E-state index in [2.05, 4.69) is 108 Å². The molecule has 0 amide bonds. The molecule has 0 saturated carbocycles. The van der Waals surface area contributed by atoms with E-state index in [1.165, 1.54) is 23.5 Å². The van der Waals surface area contributed by atoms with Gasteiger partial charge in [-0.05, 0) is 62.3 Å². The maximum Gasteiger partial charge on any atom is 0.124 e. The molecule has 46 heavy (non-hydrogen) atoms. The van der Waals surface area contributed by atoms with E-state index in [4.69, 9.17) is 19.4 Å². The Morgan fingerprint density at radius 2 is 0.935 bits per heavy atom. The van der Waals surface area contributed by atoms with Gasteiger partial charge in [-0.15, -0.1) is 0 Å². The largest absolute Gasteiger partial charge is 0.368 e. The lowest BCUT2D eigenvalue weighted by Crippen LogP contribution is -2.46. The first-order valence-corrected chi connectivity index (χ1v) is 24.9. The second-order valence-corrected chi connectivity index (χ2v) is 25.4. The Morgan fingerprint density at radius 1 is 0.587 bits per heavy atom. The highest BCUT2D eigenvalue weighted by Crippen LogP contribution is 2.28. The number of imidazole rings is 2. The molecule has 4 aromatic rings. The van der Waals surface area contributed by atoms with Gasteiger partial charge in [-0.2, -0.15) is 0 Å². The van der Waals surface area contributed by atoms with Crippen LogP contribution in [0, 0.1) is 13.8 Å². The fraction of sp³-hybridized carbons (Fsp3) is 0.611. The van der Waals surface area contributed by atoms with Crippen LogP contribution in [0.25, 0.3) is 22.1 Å². The highest BCUT2D eigenvalue weighted by Gasteiger charge is 2.20. The van der Waals surface area contributed by atoms with Gasteiger partial charge in [0.25, 0.3) is 0 Å². The summed E-state index contributed by atoms with van der Waals surface area (Å²) < 4.78 is 16.5. The Bertz CT molecular complexity index is 1400. The molecule has 1 aliphatic heterocycles. The second-order valence-electron chi connectivity index (χ2n) is 14.2. The third-order valence-electron chi connectivity index (χ3n) is 8.29. The lowest BCUT2D eigenvalue weighted by Gasteiger charge is -2.37. The van der Waals surface area contributed by atoms with Gasteiger partial charge in [-0.1, -0.05) is 67.0 Å². The van der Waals surface area contributed by atoms with Crippen molar-refractivity contribution in [3.05, 3.63) is 48.0 Å². The topological polar surface area (TPSA) is 60.6 Å². The van der Waals surface area contributed by atoms with E-state index in [1.807, 2.05) is 27.7 Å². The quantitative estimate of drug-likeness (QED) is 0.111. The molecule has 256 valence electrons. The van der Waals surface area contributed by atoms with Crippen molar-refractivity contribution >= 4 is 49.6 Å². The van der Waals surface area contributed by atoms with Crippen molar-refractivity contribution < 1.29 is 9.47 Å². The number of benzene rings is 2. The van der Waals surface area contributed by atoms with Crippen LogP contribution in [0.4, 0.5) is 11.4 Å². The maximum atomic E-state index is 6.04. The molecule has 5 rings (SSSR count). The fourth-order valence-electron chi connectivity index (χ4n) is 5.49. The van der Waals surface area contributed by atoms with Gasteiger partial charge in [-0.3, -0.25) is 0 Å². The molecule has 0 N–H and O–H groups in total. The molecule has 0 bridgehead atoms. The van der Waals surface area contributed by atoms with Crippen molar-refractivity contribution in [2.24, 2.45) is 0 Å². The van der Waals surface area contributed by atoms with Crippen LogP contribution in [0.15, 0.2) is 36.4 Å². The summed E-state index contributed by atoms with van der Waals surface area (Å²) in [5.74, 6) is 2.01. The average molecular weight is 667 g/mol.